The molecule has 0 bridgehead atoms. The van der Waals surface area contributed by atoms with Crippen molar-refractivity contribution in [2.75, 3.05) is 31.1 Å². The zero-order chi connectivity index (χ0) is 25.9. The van der Waals surface area contributed by atoms with Crippen molar-refractivity contribution in [2.45, 2.75) is 31.8 Å². The number of nitrogens with zero attached hydrogens (tertiary/aromatic N) is 5. The molecule has 3 aromatic rings. The van der Waals surface area contributed by atoms with Crippen LogP contribution in [0, 0.1) is 11.3 Å². The second-order valence-corrected chi connectivity index (χ2v) is 9.43. The molecule has 1 aromatic carbocycles. The van der Waals surface area contributed by atoms with Gasteiger partial charge < -0.3 is 25.2 Å². The molecule has 36 heavy (non-hydrogen) atoms. The number of H-pyrrole nitrogens is 1. The van der Waals surface area contributed by atoms with E-state index in [1.54, 1.807) is 35.5 Å². The molecule has 10 heteroatoms. The van der Waals surface area contributed by atoms with Crippen molar-refractivity contribution >= 4 is 28.8 Å². The fourth-order valence-corrected chi connectivity index (χ4v) is 4.55. The Morgan fingerprint density at radius 3 is 2.89 bits per heavy atom. The minimum atomic E-state index is -0.538. The molecule has 1 aliphatic rings. The van der Waals surface area contributed by atoms with E-state index in [1.807, 2.05) is 24.8 Å². The van der Waals surface area contributed by atoms with Gasteiger partial charge in [0.25, 0.3) is 5.91 Å². The molecule has 0 aliphatic carbocycles. The van der Waals surface area contributed by atoms with Gasteiger partial charge in [-0.3, -0.25) is 9.59 Å². The molecule has 0 radical (unpaired) electrons. The van der Waals surface area contributed by atoms with Crippen LogP contribution in [-0.2, 0) is 11.2 Å². The lowest BCUT2D eigenvalue weighted by molar-refractivity contribution is -0.131. The Bertz CT molecular complexity index is 1340. The Morgan fingerprint density at radius 2 is 2.19 bits per heavy atom. The first-order chi connectivity index (χ1) is 17.2. The third-order valence-electron chi connectivity index (χ3n) is 6.37. The molecule has 0 saturated carbocycles. The number of anilines is 1. The molecule has 186 valence electrons. The predicted octanol–water partition coefficient (Wildman–Crippen LogP) is 1.78. The Hall–Kier alpha value is -4.23. The van der Waals surface area contributed by atoms with Gasteiger partial charge in [0.15, 0.2) is 5.65 Å². The quantitative estimate of drug-likeness (QED) is 0.432. The van der Waals surface area contributed by atoms with E-state index in [-0.39, 0.29) is 18.4 Å². The summed E-state index contributed by atoms with van der Waals surface area (Å²) in [5.74, 6) is 0.121. The van der Waals surface area contributed by atoms with Crippen LogP contribution in [0.3, 0.4) is 0 Å². The van der Waals surface area contributed by atoms with Crippen molar-refractivity contribution in [3.63, 3.8) is 0 Å². The topological polar surface area (TPSA) is 138 Å². The molecule has 2 aromatic heterocycles. The molecule has 1 fully saturated rings. The van der Waals surface area contributed by atoms with E-state index in [0.717, 1.165) is 5.56 Å². The minimum absolute atomic E-state index is 0.108. The standard InChI is InChI=1S/C26H29N7O3/c1-4-22(35)33-9-8-32(16-26(33,2)3)21-14-29-24-23(31-21)20(13-28-24)25(36)30-19(15-34)11-17-6-5-7-18(10-17)12-27/h4-7,10,13-14,19,34H,1,8-9,11,15-16H2,2-3H3,(H,28,29)(H,30,36). The lowest BCUT2D eigenvalue weighted by atomic mass is 9.98. The molecule has 2 amide bonds. The molecule has 4 rings (SSSR count). The van der Waals surface area contributed by atoms with Crippen molar-refractivity contribution in [2.24, 2.45) is 0 Å². The Kier molecular flexibility index (Phi) is 7.03. The highest BCUT2D eigenvalue weighted by Gasteiger charge is 2.36. The predicted molar refractivity (Wildman–Crippen MR) is 135 cm³/mol. The average Bonchev–Trinajstić information content (AvgIpc) is 3.30. The van der Waals surface area contributed by atoms with E-state index < -0.39 is 11.6 Å². The Labute approximate surface area is 209 Å². The SMILES string of the molecule is C=CC(=O)N1CCN(c2cnc3[nH]cc(C(=O)NC(CO)Cc4cccc(C#N)c4)c3n2)CC1(C)C. The second kappa shape index (κ2) is 10.2. The highest BCUT2D eigenvalue weighted by atomic mass is 16.3. The number of hydrogen-bond donors (Lipinski definition) is 3. The second-order valence-electron chi connectivity index (χ2n) is 9.43. The normalized spacial score (nSPS) is 15.8. The number of nitriles is 1. The third kappa shape index (κ3) is 5.06. The number of rotatable bonds is 7. The van der Waals surface area contributed by atoms with E-state index >= 15 is 0 Å². The first-order valence-electron chi connectivity index (χ1n) is 11.7. The minimum Gasteiger partial charge on any atom is -0.394 e. The smallest absolute Gasteiger partial charge is 0.255 e. The number of aromatic amines is 1. The van der Waals surface area contributed by atoms with E-state index in [9.17, 15) is 14.7 Å². The van der Waals surface area contributed by atoms with Crippen LogP contribution < -0.4 is 10.2 Å². The van der Waals surface area contributed by atoms with Crippen molar-refractivity contribution in [1.29, 1.82) is 5.26 Å². The zero-order valence-electron chi connectivity index (χ0n) is 20.4. The largest absolute Gasteiger partial charge is 0.394 e. The zero-order valence-corrected chi connectivity index (χ0v) is 20.4. The lowest BCUT2D eigenvalue weighted by Gasteiger charge is -2.47. The molecular formula is C26H29N7O3. The van der Waals surface area contributed by atoms with Gasteiger partial charge in [0.1, 0.15) is 11.3 Å². The van der Waals surface area contributed by atoms with Crippen LogP contribution in [0.25, 0.3) is 11.2 Å². The number of benzene rings is 1. The number of piperazine rings is 1. The molecular weight excluding hydrogens is 458 g/mol. The maximum absolute atomic E-state index is 13.1. The molecule has 3 heterocycles. The number of nitrogens with one attached hydrogen (secondary N) is 2. The van der Waals surface area contributed by atoms with Crippen molar-refractivity contribution in [1.82, 2.24) is 25.2 Å². The number of hydrogen-bond acceptors (Lipinski definition) is 7. The number of aliphatic hydroxyl groups excluding tert-OH is 1. The summed E-state index contributed by atoms with van der Waals surface area (Å²) in [6.45, 7) is 8.95. The summed E-state index contributed by atoms with van der Waals surface area (Å²) in [5.41, 5.74) is 2.15. The first-order valence-corrected chi connectivity index (χ1v) is 11.7. The van der Waals surface area contributed by atoms with Gasteiger partial charge in [0, 0.05) is 25.8 Å². The van der Waals surface area contributed by atoms with Crippen LogP contribution in [0.2, 0.25) is 0 Å². The number of carbonyl (C=O) groups is 2. The van der Waals surface area contributed by atoms with E-state index in [1.165, 1.54) is 6.08 Å². The molecule has 1 unspecified atom stereocenters. The Balaban J connectivity index is 1.52. The highest BCUT2D eigenvalue weighted by molar-refractivity contribution is 6.04. The van der Waals surface area contributed by atoms with Gasteiger partial charge in [-0.15, -0.1) is 0 Å². The molecule has 3 N–H and O–H groups in total. The average molecular weight is 488 g/mol. The summed E-state index contributed by atoms with van der Waals surface area (Å²) in [6.07, 6.45) is 4.91. The molecule has 10 nitrogen and oxygen atoms in total. The molecule has 1 aliphatic heterocycles. The van der Waals surface area contributed by atoms with Crippen LogP contribution >= 0.6 is 0 Å². The summed E-state index contributed by atoms with van der Waals surface area (Å²) in [7, 11) is 0. The molecule has 0 spiro atoms. The number of aromatic nitrogens is 3. The fraction of sp³-hybridized carbons (Fsp3) is 0.346. The van der Waals surface area contributed by atoms with Crippen LogP contribution in [-0.4, -0.2) is 74.6 Å². The van der Waals surface area contributed by atoms with Crippen LogP contribution in [0.4, 0.5) is 5.82 Å². The van der Waals surface area contributed by atoms with Gasteiger partial charge in [-0.2, -0.15) is 5.26 Å². The van der Waals surface area contributed by atoms with E-state index in [4.69, 9.17) is 10.2 Å². The summed E-state index contributed by atoms with van der Waals surface area (Å²) >= 11 is 0. The highest BCUT2D eigenvalue weighted by Crippen LogP contribution is 2.26. The number of aliphatic hydroxyl groups is 1. The number of carbonyl (C=O) groups excluding carboxylic acids is 2. The van der Waals surface area contributed by atoms with Crippen molar-refractivity contribution in [3.8, 4) is 6.07 Å². The lowest BCUT2D eigenvalue weighted by Crippen LogP contribution is -2.61. The maximum atomic E-state index is 13.1. The van der Waals surface area contributed by atoms with Gasteiger partial charge in [-0.1, -0.05) is 18.7 Å². The monoisotopic (exact) mass is 487 g/mol. The van der Waals surface area contributed by atoms with E-state index in [2.05, 4.69) is 27.9 Å². The summed E-state index contributed by atoms with van der Waals surface area (Å²) < 4.78 is 0. The van der Waals surface area contributed by atoms with Crippen molar-refractivity contribution < 1.29 is 14.7 Å². The Morgan fingerprint density at radius 1 is 1.39 bits per heavy atom. The van der Waals surface area contributed by atoms with Gasteiger partial charge >= 0.3 is 0 Å². The first kappa shape index (κ1) is 24.9. The van der Waals surface area contributed by atoms with Gasteiger partial charge in [-0.25, -0.2) is 9.97 Å². The van der Waals surface area contributed by atoms with Crippen molar-refractivity contribution in [3.05, 3.63) is 66.0 Å². The molecule has 1 saturated heterocycles. The number of amides is 2. The van der Waals surface area contributed by atoms with Gasteiger partial charge in [0.05, 0.1) is 41.6 Å². The van der Waals surface area contributed by atoms with E-state index in [0.29, 0.717) is 54.2 Å². The summed E-state index contributed by atoms with van der Waals surface area (Å²) in [6, 6.07) is 8.62. The van der Waals surface area contributed by atoms with Crippen LogP contribution in [0.5, 0.6) is 0 Å². The summed E-state index contributed by atoms with van der Waals surface area (Å²) in [5, 5.41) is 21.8. The van der Waals surface area contributed by atoms with Crippen LogP contribution in [0.15, 0.2) is 49.3 Å². The van der Waals surface area contributed by atoms with Crippen LogP contribution in [0.1, 0.15) is 35.3 Å². The number of fused-ring (bicyclic) bond motifs is 1. The third-order valence-corrected chi connectivity index (χ3v) is 6.37. The maximum Gasteiger partial charge on any atom is 0.255 e. The van der Waals surface area contributed by atoms with Gasteiger partial charge in [-0.05, 0) is 44.0 Å². The van der Waals surface area contributed by atoms with Gasteiger partial charge in [0.2, 0.25) is 5.91 Å². The summed E-state index contributed by atoms with van der Waals surface area (Å²) in [4.78, 5) is 41.3. The fourth-order valence-electron chi connectivity index (χ4n) is 4.55. The molecule has 1 atom stereocenters.